The number of carbonyl (C=O) groups excluding carboxylic acids is 1. The Morgan fingerprint density at radius 3 is 2.20 bits per heavy atom. The number of benzene rings is 1. The Hall–Kier alpha value is -1.31. The Labute approximate surface area is 123 Å². The normalized spacial score (nSPS) is 12.6. The first-order valence-electron chi connectivity index (χ1n) is 7.61. The molecule has 20 heavy (non-hydrogen) atoms. The van der Waals surface area contributed by atoms with Crippen molar-refractivity contribution in [1.29, 1.82) is 0 Å². The topological polar surface area (TPSA) is 26.3 Å². The number of Topliss-reactive ketones (excluding diaryl/α,β-unsaturated/α-hetero) is 1. The number of ether oxygens (including phenoxy) is 1. The molecule has 0 aromatic heterocycles. The van der Waals surface area contributed by atoms with E-state index >= 15 is 0 Å². The van der Waals surface area contributed by atoms with Crippen LogP contribution in [-0.2, 0) is 4.79 Å². The third-order valence-corrected chi connectivity index (χ3v) is 4.08. The van der Waals surface area contributed by atoms with E-state index in [1.165, 1.54) is 11.1 Å². The number of rotatable bonds is 6. The fourth-order valence-electron chi connectivity index (χ4n) is 2.94. The molecular formula is C18H28O2. The average molecular weight is 276 g/mol. The zero-order chi connectivity index (χ0) is 15.4. The summed E-state index contributed by atoms with van der Waals surface area (Å²) in [4.78, 5) is 12.3. The largest absolute Gasteiger partial charge is 0.494 e. The maximum atomic E-state index is 12.3. The molecule has 2 nitrogen and oxygen atoms in total. The molecule has 0 aliphatic heterocycles. The highest BCUT2D eigenvalue weighted by Crippen LogP contribution is 2.36. The van der Waals surface area contributed by atoms with Crippen LogP contribution in [0.4, 0.5) is 0 Å². The van der Waals surface area contributed by atoms with E-state index < -0.39 is 0 Å². The summed E-state index contributed by atoms with van der Waals surface area (Å²) in [5, 5.41) is 0. The highest BCUT2D eigenvalue weighted by atomic mass is 16.5. The number of carbonyl (C=O) groups is 1. The summed E-state index contributed by atoms with van der Waals surface area (Å²) < 4.78 is 5.70. The smallest absolute Gasteiger partial charge is 0.140 e. The average Bonchev–Trinajstić information content (AvgIpc) is 2.39. The fraction of sp³-hybridized carbons (Fsp3) is 0.611. The molecule has 1 aromatic carbocycles. The number of ketones is 1. The van der Waals surface area contributed by atoms with E-state index in [1.54, 1.807) is 0 Å². The van der Waals surface area contributed by atoms with Gasteiger partial charge in [-0.2, -0.15) is 0 Å². The maximum absolute atomic E-state index is 12.3. The Balaban J connectivity index is 3.44. The molecule has 1 aromatic rings. The van der Waals surface area contributed by atoms with Gasteiger partial charge in [0.15, 0.2) is 0 Å². The van der Waals surface area contributed by atoms with Crippen molar-refractivity contribution < 1.29 is 9.53 Å². The molecule has 0 saturated heterocycles. The predicted octanol–water partition coefficient (Wildman–Crippen LogP) is 4.73. The van der Waals surface area contributed by atoms with Crippen LogP contribution in [0.15, 0.2) is 6.07 Å². The predicted molar refractivity (Wildman–Crippen MR) is 84.7 cm³/mol. The van der Waals surface area contributed by atoms with Gasteiger partial charge >= 0.3 is 0 Å². The third-order valence-electron chi connectivity index (χ3n) is 4.08. The van der Waals surface area contributed by atoms with Gasteiger partial charge in [-0.3, -0.25) is 4.79 Å². The van der Waals surface area contributed by atoms with Crippen LogP contribution < -0.4 is 4.74 Å². The number of aryl methyl sites for hydroxylation is 1. The summed E-state index contributed by atoms with van der Waals surface area (Å²) in [6.45, 7) is 15.1. The van der Waals surface area contributed by atoms with Crippen LogP contribution in [-0.4, -0.2) is 12.4 Å². The molecular weight excluding hydrogens is 248 g/mol. The van der Waals surface area contributed by atoms with Gasteiger partial charge < -0.3 is 4.74 Å². The van der Waals surface area contributed by atoms with Crippen molar-refractivity contribution in [2.75, 3.05) is 6.61 Å². The van der Waals surface area contributed by atoms with Crippen LogP contribution in [0.2, 0.25) is 0 Å². The standard InChI is InChI=1S/C18H28O2/c1-8-15(19)17(11(3)4)18-12(5)10-16(20-9-2)13(6)14(18)7/h10-11,17H,8-9H2,1-7H3. The summed E-state index contributed by atoms with van der Waals surface area (Å²) >= 11 is 0. The van der Waals surface area contributed by atoms with Crippen molar-refractivity contribution in [1.82, 2.24) is 0 Å². The van der Waals surface area contributed by atoms with Crippen LogP contribution in [0.1, 0.15) is 62.3 Å². The molecule has 0 heterocycles. The Kier molecular flexibility index (Phi) is 5.79. The molecule has 0 radical (unpaired) electrons. The van der Waals surface area contributed by atoms with Crippen LogP contribution in [0, 0.1) is 26.7 Å². The van der Waals surface area contributed by atoms with Crippen LogP contribution >= 0.6 is 0 Å². The van der Waals surface area contributed by atoms with Crippen molar-refractivity contribution in [3.63, 3.8) is 0 Å². The Morgan fingerprint density at radius 1 is 1.15 bits per heavy atom. The molecule has 0 aliphatic carbocycles. The van der Waals surface area contributed by atoms with E-state index in [0.717, 1.165) is 16.9 Å². The van der Waals surface area contributed by atoms with Crippen molar-refractivity contribution in [2.45, 2.75) is 60.8 Å². The molecule has 1 atom stereocenters. The molecule has 0 bridgehead atoms. The molecule has 0 N–H and O–H groups in total. The molecule has 0 amide bonds. The highest BCUT2D eigenvalue weighted by molar-refractivity contribution is 5.86. The minimum atomic E-state index is -0.00521. The van der Waals surface area contributed by atoms with Crippen LogP contribution in [0.25, 0.3) is 0 Å². The summed E-state index contributed by atoms with van der Waals surface area (Å²) in [6, 6.07) is 2.08. The van der Waals surface area contributed by atoms with Crippen LogP contribution in [0.5, 0.6) is 5.75 Å². The molecule has 1 rings (SSSR count). The lowest BCUT2D eigenvalue weighted by atomic mass is 9.78. The molecule has 0 fully saturated rings. The maximum Gasteiger partial charge on any atom is 0.140 e. The lowest BCUT2D eigenvalue weighted by molar-refractivity contribution is -0.121. The number of hydrogen-bond donors (Lipinski definition) is 0. The fourth-order valence-corrected chi connectivity index (χ4v) is 2.94. The van der Waals surface area contributed by atoms with Crippen molar-refractivity contribution >= 4 is 5.78 Å². The third kappa shape index (κ3) is 3.23. The van der Waals surface area contributed by atoms with Crippen molar-refractivity contribution in [2.24, 2.45) is 5.92 Å². The second-order valence-electron chi connectivity index (χ2n) is 5.83. The number of hydrogen-bond acceptors (Lipinski definition) is 2. The summed E-state index contributed by atoms with van der Waals surface area (Å²) in [5.41, 5.74) is 4.72. The zero-order valence-electron chi connectivity index (χ0n) is 14.0. The van der Waals surface area contributed by atoms with Crippen LogP contribution in [0.3, 0.4) is 0 Å². The van der Waals surface area contributed by atoms with E-state index in [9.17, 15) is 4.79 Å². The second-order valence-corrected chi connectivity index (χ2v) is 5.83. The Bertz CT molecular complexity index is 487. The molecule has 0 aliphatic rings. The SMILES string of the molecule is CCOc1cc(C)c(C(C(=O)CC)C(C)C)c(C)c1C. The minimum Gasteiger partial charge on any atom is -0.494 e. The quantitative estimate of drug-likeness (QED) is 0.751. The van der Waals surface area contributed by atoms with E-state index in [1.807, 2.05) is 13.8 Å². The summed E-state index contributed by atoms with van der Waals surface area (Å²) in [6.07, 6.45) is 0.591. The first-order chi connectivity index (χ1) is 9.34. The molecule has 112 valence electrons. The van der Waals surface area contributed by atoms with E-state index in [2.05, 4.69) is 40.7 Å². The van der Waals surface area contributed by atoms with Gasteiger partial charge in [0.2, 0.25) is 0 Å². The monoisotopic (exact) mass is 276 g/mol. The molecule has 2 heteroatoms. The van der Waals surface area contributed by atoms with E-state index in [0.29, 0.717) is 24.7 Å². The molecule has 1 unspecified atom stereocenters. The zero-order valence-corrected chi connectivity index (χ0v) is 14.0. The lowest BCUT2D eigenvalue weighted by Gasteiger charge is -2.26. The van der Waals surface area contributed by atoms with E-state index in [4.69, 9.17) is 4.74 Å². The lowest BCUT2D eigenvalue weighted by Crippen LogP contribution is -2.20. The van der Waals surface area contributed by atoms with Gasteiger partial charge in [-0.15, -0.1) is 0 Å². The minimum absolute atomic E-state index is 0.00521. The molecule has 0 saturated carbocycles. The first-order valence-corrected chi connectivity index (χ1v) is 7.61. The van der Waals surface area contributed by atoms with Crippen molar-refractivity contribution in [3.8, 4) is 5.75 Å². The van der Waals surface area contributed by atoms with Gasteiger partial charge in [0.05, 0.1) is 6.61 Å². The van der Waals surface area contributed by atoms with Gasteiger partial charge in [0.25, 0.3) is 0 Å². The van der Waals surface area contributed by atoms with Gasteiger partial charge in [0, 0.05) is 12.3 Å². The van der Waals surface area contributed by atoms with E-state index in [-0.39, 0.29) is 5.92 Å². The second kappa shape index (κ2) is 6.92. The summed E-state index contributed by atoms with van der Waals surface area (Å²) in [7, 11) is 0. The van der Waals surface area contributed by atoms with Gasteiger partial charge in [-0.1, -0.05) is 20.8 Å². The molecule has 0 spiro atoms. The van der Waals surface area contributed by atoms with Gasteiger partial charge in [0.1, 0.15) is 11.5 Å². The Morgan fingerprint density at radius 2 is 1.75 bits per heavy atom. The highest BCUT2D eigenvalue weighted by Gasteiger charge is 2.27. The van der Waals surface area contributed by atoms with Gasteiger partial charge in [-0.05, 0) is 61.9 Å². The van der Waals surface area contributed by atoms with Gasteiger partial charge in [-0.25, -0.2) is 0 Å². The first kappa shape index (κ1) is 16.7. The summed E-state index contributed by atoms with van der Waals surface area (Å²) in [5.74, 6) is 1.58. The van der Waals surface area contributed by atoms with Crippen molar-refractivity contribution in [3.05, 3.63) is 28.3 Å².